The molecule has 0 aliphatic rings. The number of benzene rings is 4. The predicted octanol–water partition coefficient (Wildman–Crippen LogP) is 6.26. The Balaban J connectivity index is 1.79. The Kier molecular flexibility index (Phi) is 5.10. The van der Waals surface area contributed by atoms with Gasteiger partial charge >= 0.3 is 7.48 Å². The van der Waals surface area contributed by atoms with Crippen LogP contribution in [0.3, 0.4) is 0 Å². The zero-order chi connectivity index (χ0) is 20.6. The predicted molar refractivity (Wildman–Crippen MR) is 120 cm³/mol. The van der Waals surface area contributed by atoms with E-state index < -0.39 is 11.2 Å². The van der Waals surface area contributed by atoms with Gasteiger partial charge in [0.2, 0.25) is 0 Å². The fourth-order valence-corrected chi connectivity index (χ4v) is 3.91. The molecule has 29 heavy (non-hydrogen) atoms. The van der Waals surface area contributed by atoms with Gasteiger partial charge in [0.25, 0.3) is 0 Å². The molecule has 2 nitrogen and oxygen atoms in total. The minimum atomic E-state index is -1.02. The van der Waals surface area contributed by atoms with Crippen LogP contribution in [0.4, 0.5) is 4.53 Å². The van der Waals surface area contributed by atoms with Crippen LogP contribution in [0.2, 0.25) is 0 Å². The second-order valence-corrected chi connectivity index (χ2v) is 8.30. The lowest BCUT2D eigenvalue weighted by Crippen LogP contribution is -2.51. The third-order valence-electron chi connectivity index (χ3n) is 6.38. The zero-order valence-electron chi connectivity index (χ0n) is 17.3. The summed E-state index contributed by atoms with van der Waals surface area (Å²) in [5.74, 6) is 0. The lowest BCUT2D eigenvalue weighted by atomic mass is 9.79. The van der Waals surface area contributed by atoms with Crippen molar-refractivity contribution in [3.63, 3.8) is 0 Å². The Bertz CT molecular complexity index is 1150. The molecule has 0 aliphatic carbocycles. The lowest BCUT2D eigenvalue weighted by molar-refractivity contribution is -0.279. The Labute approximate surface area is 171 Å². The molecular weight excluding hydrogens is 362 g/mol. The molecule has 4 aromatic rings. The van der Waals surface area contributed by atoms with Gasteiger partial charge in [-0.05, 0) is 64.0 Å². The number of rotatable bonds is 6. The third-order valence-corrected chi connectivity index (χ3v) is 6.38. The molecule has 1 radical (unpaired) electrons. The van der Waals surface area contributed by atoms with E-state index in [1.165, 1.54) is 32.3 Å². The Morgan fingerprint density at radius 1 is 0.759 bits per heavy atom. The third kappa shape index (κ3) is 3.31. The van der Waals surface area contributed by atoms with E-state index in [9.17, 15) is 4.53 Å². The molecule has 0 aliphatic heterocycles. The van der Waals surface area contributed by atoms with E-state index in [4.69, 9.17) is 4.65 Å². The number of hydrogen-bond acceptors (Lipinski definition) is 2. The first-order valence-electron chi connectivity index (χ1n) is 10.0. The molecule has 0 amide bonds. The molecule has 0 fully saturated rings. The number of halogens is 1. The molecule has 0 bridgehead atoms. The summed E-state index contributed by atoms with van der Waals surface area (Å²) >= 11 is 0. The zero-order valence-corrected chi connectivity index (χ0v) is 17.3. The van der Waals surface area contributed by atoms with Crippen molar-refractivity contribution in [2.45, 2.75) is 45.3 Å². The monoisotopic (exact) mass is 387 g/mol. The average Bonchev–Trinajstić information content (AvgIpc) is 2.77. The molecule has 0 aromatic heterocycles. The summed E-state index contributed by atoms with van der Waals surface area (Å²) in [5.41, 5.74) is -0.913. The second-order valence-electron chi connectivity index (χ2n) is 8.30. The topological polar surface area (TPSA) is 18.5 Å². The Hall–Kier alpha value is -2.43. The van der Waals surface area contributed by atoms with Gasteiger partial charge in [-0.3, -0.25) is 0 Å². The van der Waals surface area contributed by atoms with Crippen LogP contribution in [0.5, 0.6) is 0 Å². The van der Waals surface area contributed by atoms with E-state index in [2.05, 4.69) is 65.6 Å². The van der Waals surface area contributed by atoms with Crippen molar-refractivity contribution in [2.24, 2.45) is 0 Å². The molecule has 0 heterocycles. The molecule has 4 heteroatoms. The maximum atomic E-state index is 13.2. The van der Waals surface area contributed by atoms with Crippen LogP contribution in [0.25, 0.3) is 32.3 Å². The minimum absolute atomic E-state index is 0.499. The summed E-state index contributed by atoms with van der Waals surface area (Å²) in [6.07, 6.45) is 0.499. The van der Waals surface area contributed by atoms with Crippen LogP contribution in [-0.4, -0.2) is 18.7 Å². The molecule has 0 saturated carbocycles. The number of hydrogen-bond donors (Lipinski definition) is 0. The largest absolute Gasteiger partial charge is 0.426 e. The van der Waals surface area contributed by atoms with Gasteiger partial charge in [0.05, 0.1) is 5.60 Å². The maximum absolute atomic E-state index is 13.2. The Morgan fingerprint density at radius 3 is 1.72 bits per heavy atom. The van der Waals surface area contributed by atoms with Crippen LogP contribution in [0.1, 0.15) is 34.1 Å². The van der Waals surface area contributed by atoms with Crippen molar-refractivity contribution in [1.29, 1.82) is 0 Å². The molecule has 1 atom stereocenters. The van der Waals surface area contributed by atoms with Crippen molar-refractivity contribution < 1.29 is 14.1 Å². The van der Waals surface area contributed by atoms with Gasteiger partial charge in [-0.2, -0.15) is 4.94 Å². The molecule has 147 valence electrons. The molecule has 0 N–H and O–H groups in total. The van der Waals surface area contributed by atoms with Crippen molar-refractivity contribution >= 4 is 45.3 Å². The molecule has 0 spiro atoms. The van der Waals surface area contributed by atoms with E-state index >= 15 is 0 Å². The van der Waals surface area contributed by atoms with Crippen LogP contribution >= 0.6 is 0 Å². The molecule has 4 aromatic carbocycles. The highest BCUT2D eigenvalue weighted by molar-refractivity contribution is 6.48. The van der Waals surface area contributed by atoms with Gasteiger partial charge in [-0.15, -0.1) is 0 Å². The first-order chi connectivity index (χ1) is 13.9. The fraction of sp³-hybridized carbons (Fsp3) is 0.280. The fourth-order valence-electron chi connectivity index (χ4n) is 3.91. The van der Waals surface area contributed by atoms with Gasteiger partial charge in [0, 0.05) is 0 Å². The number of fused-ring (bicyclic) bond motifs is 6. The summed E-state index contributed by atoms with van der Waals surface area (Å²) in [4.78, 5) is 4.27. The summed E-state index contributed by atoms with van der Waals surface area (Å²) in [6, 6.07) is 23.3. The normalized spacial score (nSPS) is 14.4. The second kappa shape index (κ2) is 7.44. The van der Waals surface area contributed by atoms with Crippen LogP contribution < -0.4 is 5.46 Å². The van der Waals surface area contributed by atoms with Gasteiger partial charge in [0.15, 0.2) is 0 Å². The first kappa shape index (κ1) is 19.9. The maximum Gasteiger partial charge on any atom is 0.330 e. The van der Waals surface area contributed by atoms with Crippen LogP contribution in [-0.2, 0) is 9.60 Å². The standard InChI is InChI=1S/C25H25BFO2/c1-5-25(4,29-27)24(2,3)28-26-17-14-15-22-20-12-7-6-10-18(20)19-11-8-9-13-21(19)23(22)16-17/h6-16H,5H2,1-4H3. The van der Waals surface area contributed by atoms with E-state index in [0.717, 1.165) is 5.46 Å². The SMILES string of the molecule is CCC(C)(OF)C(C)(C)O[B]c1ccc2c3ccccc3c3ccccc3c2c1. The van der Waals surface area contributed by atoms with E-state index in [-0.39, 0.29) is 0 Å². The van der Waals surface area contributed by atoms with Crippen molar-refractivity contribution in [3.05, 3.63) is 66.7 Å². The highest BCUT2D eigenvalue weighted by Crippen LogP contribution is 2.35. The summed E-state index contributed by atoms with van der Waals surface area (Å²) in [5, 5.41) is 7.32. The smallest absolute Gasteiger partial charge is 0.330 e. The van der Waals surface area contributed by atoms with Crippen molar-refractivity contribution in [3.8, 4) is 0 Å². The molecular formula is C25H25BFO2. The van der Waals surface area contributed by atoms with Crippen LogP contribution in [0.15, 0.2) is 66.7 Å². The highest BCUT2D eigenvalue weighted by Gasteiger charge is 2.43. The lowest BCUT2D eigenvalue weighted by Gasteiger charge is -2.40. The highest BCUT2D eigenvalue weighted by atomic mass is 19.3. The molecule has 1 unspecified atom stereocenters. The van der Waals surface area contributed by atoms with Crippen molar-refractivity contribution in [2.75, 3.05) is 0 Å². The summed E-state index contributed by atoms with van der Waals surface area (Å²) in [7, 11) is 1.70. The van der Waals surface area contributed by atoms with Crippen molar-refractivity contribution in [1.82, 2.24) is 0 Å². The van der Waals surface area contributed by atoms with Gasteiger partial charge in [0.1, 0.15) is 5.60 Å². The molecule has 4 rings (SSSR count). The summed E-state index contributed by atoms with van der Waals surface area (Å²) in [6.45, 7) is 7.30. The first-order valence-corrected chi connectivity index (χ1v) is 10.0. The quantitative estimate of drug-likeness (QED) is 0.287. The molecule has 0 saturated heterocycles. The van der Waals surface area contributed by atoms with E-state index in [1.54, 1.807) is 14.4 Å². The van der Waals surface area contributed by atoms with E-state index in [1.807, 2.05) is 26.8 Å². The van der Waals surface area contributed by atoms with Gasteiger partial charge in [-0.25, -0.2) is 0 Å². The van der Waals surface area contributed by atoms with Gasteiger partial charge in [-0.1, -0.05) is 79.1 Å². The van der Waals surface area contributed by atoms with Gasteiger partial charge < -0.3 is 4.65 Å². The Morgan fingerprint density at radius 2 is 1.24 bits per heavy atom. The van der Waals surface area contributed by atoms with Crippen LogP contribution in [0, 0.1) is 0 Å². The van der Waals surface area contributed by atoms with E-state index in [0.29, 0.717) is 6.42 Å². The average molecular weight is 387 g/mol. The summed E-state index contributed by atoms with van der Waals surface area (Å²) < 4.78 is 19.2. The minimum Gasteiger partial charge on any atom is -0.426 e.